The molecule has 0 aromatic heterocycles. The summed E-state index contributed by atoms with van der Waals surface area (Å²) in [4.78, 5) is 131. The molecule has 2 aromatic carbocycles. The van der Waals surface area contributed by atoms with Gasteiger partial charge < -0.3 is 74.1 Å². The minimum atomic E-state index is -2.92. The Morgan fingerprint density at radius 1 is 0.952 bits per heavy atom. The number of hydrogen-bond donors (Lipinski definition) is 9. The molecule has 23 nitrogen and oxygen atoms in total. The zero-order valence-corrected chi connectivity index (χ0v) is 51.0. The molecule has 0 radical (unpaired) electrons. The number of phenols is 1. The maximum atomic E-state index is 15.1. The molecule has 4 heterocycles. The van der Waals surface area contributed by atoms with Gasteiger partial charge in [0, 0.05) is 101 Å². The van der Waals surface area contributed by atoms with Crippen LogP contribution in [0.4, 0.5) is 11.4 Å². The van der Waals surface area contributed by atoms with Gasteiger partial charge in [0.25, 0.3) is 11.7 Å². The Morgan fingerprint density at radius 2 is 1.61 bits per heavy atom. The first-order valence-corrected chi connectivity index (χ1v) is 30.1. The molecule has 5 bridgehead atoms. The largest absolute Gasteiger partial charge is 0.507 e. The molecule has 1 saturated heterocycles. The number of fused-ring (bicyclic) bond motifs is 14. The van der Waals surface area contributed by atoms with Crippen molar-refractivity contribution in [2.45, 2.75) is 125 Å². The molecule has 5 aliphatic rings. The lowest BCUT2D eigenvalue weighted by Crippen LogP contribution is -2.47. The summed E-state index contributed by atoms with van der Waals surface area (Å²) in [7, 11) is -3.63. The summed E-state index contributed by atoms with van der Waals surface area (Å²) >= 11 is 0. The van der Waals surface area contributed by atoms with E-state index in [4.69, 9.17) is 33.8 Å². The number of ether oxygens (including phenoxy) is 5. The molecule has 3 unspecified atom stereocenters. The Kier molecular flexibility index (Phi) is 24.5. The van der Waals surface area contributed by atoms with Crippen LogP contribution in [0.2, 0.25) is 0 Å². The fraction of sp³-hybridized carbons (Fsp3) is 0.534. The predicted octanol–water partition coefficient (Wildman–Crippen LogP) is 6.40. The number of amides is 2. The summed E-state index contributed by atoms with van der Waals surface area (Å²) in [5.41, 5.74) is -2.56. The second kappa shape index (κ2) is 30.1. The van der Waals surface area contributed by atoms with Gasteiger partial charge in [-0.05, 0) is 75.0 Å². The molecule has 7 atom stereocenters. The molecule has 0 spiro atoms. The van der Waals surface area contributed by atoms with Crippen molar-refractivity contribution in [2.75, 3.05) is 51.8 Å². The fourth-order valence-corrected chi connectivity index (χ4v) is 11.7. The Balaban J connectivity index is 0.00000624. The molecule has 2 aromatic rings. The highest BCUT2D eigenvalue weighted by molar-refractivity contribution is 7.64. The zero-order chi connectivity index (χ0) is 61.8. The highest BCUT2D eigenvalue weighted by atomic mass is 31.2. The Bertz CT molecular complexity index is 2870. The second-order valence-electron chi connectivity index (χ2n) is 21.8. The van der Waals surface area contributed by atoms with E-state index < -0.39 is 98.5 Å². The Hall–Kier alpha value is -6.13. The van der Waals surface area contributed by atoms with Gasteiger partial charge in [0.15, 0.2) is 33.8 Å². The van der Waals surface area contributed by atoms with Gasteiger partial charge in [0.2, 0.25) is 11.7 Å². The van der Waals surface area contributed by atoms with Crippen LogP contribution in [0.1, 0.15) is 126 Å². The zero-order valence-electron chi connectivity index (χ0n) is 49.2. The number of piperazine rings is 1. The number of nitrogens with zero attached hydrogens (tertiary/aromatic N) is 3. The van der Waals surface area contributed by atoms with Crippen LogP contribution in [0, 0.1) is 36.5 Å². The number of anilines is 1. The minimum Gasteiger partial charge on any atom is -0.507 e. The van der Waals surface area contributed by atoms with E-state index in [-0.39, 0.29) is 94.4 Å². The molecule has 0 saturated carbocycles. The van der Waals surface area contributed by atoms with E-state index in [2.05, 4.69) is 34.3 Å². The third kappa shape index (κ3) is 16.6. The molecule has 25 heteroatoms. The van der Waals surface area contributed by atoms with Crippen molar-refractivity contribution in [2.24, 2.45) is 34.6 Å². The van der Waals surface area contributed by atoms with Crippen molar-refractivity contribution in [3.05, 3.63) is 88.0 Å². The Morgan fingerprint density at radius 3 is 2.23 bits per heavy atom. The number of aromatic hydroxyl groups is 1. The molecule has 83 heavy (non-hydrogen) atoms. The van der Waals surface area contributed by atoms with Gasteiger partial charge in [-0.2, -0.15) is 0 Å². The molecular weight excluding hydrogens is 1120 g/mol. The molecule has 2 amide bonds. The van der Waals surface area contributed by atoms with Gasteiger partial charge in [-0.15, -0.1) is 0 Å². The summed E-state index contributed by atoms with van der Waals surface area (Å²) in [5.74, 6) is -8.65. The van der Waals surface area contributed by atoms with Crippen LogP contribution in [0.3, 0.4) is 0 Å². The summed E-state index contributed by atoms with van der Waals surface area (Å²) in [6, 6.07) is 4.91. The monoisotopic (exact) mass is 1200 g/mol. The molecule has 4 aliphatic heterocycles. The number of ketones is 2. The quantitative estimate of drug-likeness (QED) is 0.0561. The van der Waals surface area contributed by atoms with Crippen molar-refractivity contribution in [1.29, 1.82) is 0 Å². The number of rotatable bonds is 14. The summed E-state index contributed by atoms with van der Waals surface area (Å²) in [6.07, 6.45) is 6.42. The van der Waals surface area contributed by atoms with Crippen molar-refractivity contribution in [3.8, 4) is 17.2 Å². The number of carbonyl (C=O) groups is 6. The van der Waals surface area contributed by atoms with Crippen LogP contribution < -0.4 is 25.0 Å². The third-order valence-electron chi connectivity index (χ3n) is 14.7. The van der Waals surface area contributed by atoms with E-state index in [1.54, 1.807) is 36.4 Å². The van der Waals surface area contributed by atoms with Crippen molar-refractivity contribution >= 4 is 69.2 Å². The number of phenolic OH excluding ortho intramolecular Hbond substituents is 1. The van der Waals surface area contributed by atoms with E-state index in [9.17, 15) is 49.0 Å². The van der Waals surface area contributed by atoms with E-state index >= 15 is 9.59 Å². The maximum Gasteiger partial charge on any atom is 0.312 e. The normalized spacial score (nSPS) is 25.5. The highest BCUT2D eigenvalue weighted by Gasteiger charge is 2.52. The smallest absolute Gasteiger partial charge is 0.312 e. The van der Waals surface area contributed by atoms with Gasteiger partial charge in [-0.1, -0.05) is 59.8 Å². The van der Waals surface area contributed by atoms with E-state index in [0.29, 0.717) is 31.1 Å². The lowest BCUT2D eigenvalue weighted by molar-refractivity contribution is -0.156. The van der Waals surface area contributed by atoms with Crippen LogP contribution in [0.15, 0.2) is 70.8 Å². The first-order valence-electron chi connectivity index (χ1n) is 27.5. The number of benzene rings is 2. The number of esters is 2. The SMILES string of the molecule is CO.COC1=C2NC(=O)/C(C)=C\C=C\C(C)C[C@@H](C)C(O)[C@@H](C)C(OC(C)=O)[C@H](C)C/C=C/O[C@@]3(C)Oc4c(C)c(O)c(c(c4C3=O)C1=Nc1ccc(N3CCN(CC(C)C)CC3)cc1OC(=O)CCCC(=O)NC(P(O)O)P(O)O)C2=O. The van der Waals surface area contributed by atoms with Crippen LogP contribution in [0.5, 0.6) is 17.2 Å². The van der Waals surface area contributed by atoms with Crippen molar-refractivity contribution in [3.63, 3.8) is 0 Å². The molecule has 7 rings (SSSR count). The lowest BCUT2D eigenvalue weighted by atomic mass is 9.80. The van der Waals surface area contributed by atoms with Gasteiger partial charge >= 0.3 is 17.7 Å². The molecular formula is C58H81N5O18P2. The average molecular weight is 1200 g/mol. The molecule has 9 N–H and O–H groups in total. The van der Waals surface area contributed by atoms with E-state index in [1.165, 1.54) is 41.1 Å². The highest BCUT2D eigenvalue weighted by Crippen LogP contribution is 2.50. The molecule has 456 valence electrons. The first kappa shape index (κ1) is 67.7. The first-order chi connectivity index (χ1) is 39.2. The number of hydrogen-bond acceptors (Lipinski definition) is 21. The standard InChI is InChI=1S/C57H77N5O17P2.CH4O/c1-30(2)29-61-22-24-62(25-23-61)38-20-21-39(40(28-38)78-42(65)19-13-18-41(64)59-56(80(71)72)81(73)74)58-46-43-44-49(67)36(8)52-45(43)54(69)57(10,79-52)76-26-14-17-32(4)51(77-37(9)63)35(7)48(66)34(6)27-31(3)15-12-16-33(5)55(70)60-47(50(44)68)53(46)75-11;1-2/h12,14-16,20-21,26,28,30-32,34-35,48,51,56,66-67,71-74H,13,17-19,22-25,27,29H2,1-11H3,(H,59,64)(H,60,70);2H,1H3/b15-12+,26-14+,33-16-,58-46?;/t31?,32-,34-,35-,48?,51?,57+;/m1./s1. The Labute approximate surface area is 486 Å². The average Bonchev–Trinajstić information content (AvgIpc) is 2.69. The summed E-state index contributed by atoms with van der Waals surface area (Å²) in [6.45, 7) is 21.1. The van der Waals surface area contributed by atoms with E-state index in [1.807, 2.05) is 33.8 Å². The maximum absolute atomic E-state index is 15.1. The van der Waals surface area contributed by atoms with Crippen LogP contribution >= 0.6 is 16.8 Å². The van der Waals surface area contributed by atoms with Gasteiger partial charge in [0.1, 0.15) is 34.7 Å². The van der Waals surface area contributed by atoms with Crippen molar-refractivity contribution < 1.29 is 87.3 Å². The minimum absolute atomic E-state index is 0.0215. The number of nitrogens with one attached hydrogen (secondary N) is 2. The fourth-order valence-electron chi connectivity index (χ4n) is 10.5. The predicted molar refractivity (Wildman–Crippen MR) is 312 cm³/mol. The van der Waals surface area contributed by atoms with Crippen LogP contribution in [0.25, 0.3) is 0 Å². The molecule has 1 fully saturated rings. The molecule has 1 aliphatic carbocycles. The number of allylic oxidation sites excluding steroid dienone is 6. The number of aliphatic hydroxyl groups is 2. The number of Topliss-reactive ketones (excluding diaryl/α,β-unsaturated/α-hetero) is 2. The second-order valence-corrected chi connectivity index (χ2v) is 24.5. The number of carbonyl (C=O) groups excluding carboxylic acids is 6. The number of aliphatic hydroxyl groups excluding tert-OH is 2. The summed E-state index contributed by atoms with van der Waals surface area (Å²) in [5, 5.41) is 35.5. The van der Waals surface area contributed by atoms with Gasteiger partial charge in [-0.25, -0.2) is 4.99 Å². The van der Waals surface area contributed by atoms with Gasteiger partial charge in [-0.3, -0.25) is 33.7 Å². The third-order valence-corrected chi connectivity index (χ3v) is 17.1. The lowest BCUT2D eigenvalue weighted by Gasteiger charge is -2.37. The van der Waals surface area contributed by atoms with Crippen LogP contribution in [-0.4, -0.2) is 151 Å². The van der Waals surface area contributed by atoms with Gasteiger partial charge in [0.05, 0.1) is 30.6 Å². The summed E-state index contributed by atoms with van der Waals surface area (Å²) < 4.78 is 30.2. The number of methoxy groups -OCH3 is 1. The number of aliphatic imine (C=N–C) groups is 1. The van der Waals surface area contributed by atoms with E-state index in [0.717, 1.165) is 26.7 Å². The topological polar surface area (TPSA) is 333 Å². The van der Waals surface area contributed by atoms with Crippen LogP contribution in [-0.2, 0) is 33.4 Å². The van der Waals surface area contributed by atoms with Crippen molar-refractivity contribution in [1.82, 2.24) is 15.5 Å².